The largest absolute Gasteiger partial charge is 0.508 e. The number of aromatic hydroxyl groups is 1. The second-order valence-corrected chi connectivity index (χ2v) is 3.37. The molecule has 2 atom stereocenters. The molecule has 0 amide bonds. The molecule has 0 saturated carbocycles. The Kier molecular flexibility index (Phi) is 2.20. The second-order valence-electron chi connectivity index (χ2n) is 3.37. The minimum atomic E-state index is 0.00769. The zero-order valence-corrected chi connectivity index (χ0v) is 7.31. The fraction of sp³-hybridized carbons (Fsp3) is 0.400. The van der Waals surface area contributed by atoms with Crippen LogP contribution in [0.25, 0.3) is 0 Å². The van der Waals surface area contributed by atoms with E-state index in [9.17, 15) is 5.11 Å². The zero-order valence-electron chi connectivity index (χ0n) is 7.31. The van der Waals surface area contributed by atoms with Crippen molar-refractivity contribution in [2.24, 2.45) is 5.73 Å². The van der Waals surface area contributed by atoms with Crippen LogP contribution in [0.15, 0.2) is 24.3 Å². The molecule has 13 heavy (non-hydrogen) atoms. The maximum atomic E-state index is 9.47. The van der Waals surface area contributed by atoms with Crippen molar-refractivity contribution in [3.63, 3.8) is 0 Å². The summed E-state index contributed by atoms with van der Waals surface area (Å²) in [4.78, 5) is 0. The summed E-state index contributed by atoms with van der Waals surface area (Å²) in [5.74, 6) is 0.318. The van der Waals surface area contributed by atoms with Crippen molar-refractivity contribution >= 4 is 0 Å². The van der Waals surface area contributed by atoms with Gasteiger partial charge in [-0.25, -0.2) is 0 Å². The monoisotopic (exact) mass is 179 g/mol. The molecule has 1 fully saturated rings. The highest BCUT2D eigenvalue weighted by atomic mass is 16.6. The third-order valence-electron chi connectivity index (χ3n) is 2.28. The number of hydrogen-bond donors (Lipinski definition) is 2. The van der Waals surface area contributed by atoms with Crippen LogP contribution in [0.2, 0.25) is 0 Å². The van der Waals surface area contributed by atoms with Crippen molar-refractivity contribution < 1.29 is 9.84 Å². The first-order chi connectivity index (χ1) is 6.27. The summed E-state index contributed by atoms with van der Waals surface area (Å²) in [6.07, 6.45) is 0.872. The Labute approximate surface area is 77.1 Å². The molecule has 1 aromatic rings. The maximum absolute atomic E-state index is 9.47. The third-order valence-corrected chi connectivity index (χ3v) is 2.28. The summed E-state index contributed by atoms with van der Waals surface area (Å²) in [5.41, 5.74) is 6.74. The maximum Gasteiger partial charge on any atom is 0.118 e. The van der Waals surface area contributed by atoms with Crippen LogP contribution in [0.1, 0.15) is 5.56 Å². The van der Waals surface area contributed by atoms with Gasteiger partial charge in [0.25, 0.3) is 0 Å². The van der Waals surface area contributed by atoms with E-state index >= 15 is 0 Å². The number of phenolic OH excluding ortho intramolecular Hbond substituents is 1. The third kappa shape index (κ3) is 1.99. The van der Waals surface area contributed by atoms with Crippen LogP contribution in [-0.4, -0.2) is 23.9 Å². The molecule has 70 valence electrons. The van der Waals surface area contributed by atoms with Gasteiger partial charge in [-0.15, -0.1) is 0 Å². The van der Waals surface area contributed by atoms with Gasteiger partial charge in [-0.3, -0.25) is 0 Å². The Hall–Kier alpha value is -1.06. The van der Waals surface area contributed by atoms with E-state index in [0.29, 0.717) is 12.2 Å². The zero-order chi connectivity index (χ0) is 9.26. The average molecular weight is 179 g/mol. The summed E-state index contributed by atoms with van der Waals surface area (Å²) in [6, 6.07) is 7.27. The number of para-hydroxylation sites is 1. The highest BCUT2D eigenvalue weighted by molar-refractivity contribution is 5.32. The highest BCUT2D eigenvalue weighted by Crippen LogP contribution is 2.21. The first-order valence-corrected chi connectivity index (χ1v) is 4.41. The summed E-state index contributed by atoms with van der Waals surface area (Å²) >= 11 is 0. The minimum Gasteiger partial charge on any atom is -0.508 e. The molecule has 1 aliphatic rings. The van der Waals surface area contributed by atoms with Crippen molar-refractivity contribution in [3.05, 3.63) is 29.8 Å². The summed E-state index contributed by atoms with van der Waals surface area (Å²) < 4.78 is 5.08. The first kappa shape index (κ1) is 8.53. The molecule has 1 heterocycles. The molecule has 1 aromatic carbocycles. The Morgan fingerprint density at radius 2 is 2.23 bits per heavy atom. The van der Waals surface area contributed by atoms with Crippen LogP contribution in [0.4, 0.5) is 0 Å². The predicted molar refractivity (Wildman–Crippen MR) is 49.5 cm³/mol. The fourth-order valence-electron chi connectivity index (χ4n) is 1.37. The molecule has 3 N–H and O–H groups in total. The highest BCUT2D eigenvalue weighted by Gasteiger charge is 2.30. The minimum absolute atomic E-state index is 0.00769. The average Bonchev–Trinajstić information content (AvgIpc) is 2.91. The molecular formula is C10H13NO2. The van der Waals surface area contributed by atoms with Gasteiger partial charge < -0.3 is 15.6 Å². The second kappa shape index (κ2) is 3.36. The Bertz CT molecular complexity index is 297. The first-order valence-electron chi connectivity index (χ1n) is 4.41. The number of nitrogens with two attached hydrogens (primary N) is 1. The molecule has 0 aliphatic carbocycles. The Morgan fingerprint density at radius 3 is 2.85 bits per heavy atom. The van der Waals surface area contributed by atoms with Gasteiger partial charge in [0.2, 0.25) is 0 Å². The molecule has 0 spiro atoms. The number of hydrogen-bond acceptors (Lipinski definition) is 3. The van der Waals surface area contributed by atoms with Gasteiger partial charge in [0.05, 0.1) is 12.7 Å². The number of epoxide rings is 1. The lowest BCUT2D eigenvalue weighted by molar-refractivity contribution is 0.369. The number of benzene rings is 1. The summed E-state index contributed by atoms with van der Waals surface area (Å²) in [6.45, 7) is 0.759. The van der Waals surface area contributed by atoms with Crippen LogP contribution >= 0.6 is 0 Å². The predicted octanol–water partition coefficient (Wildman–Crippen LogP) is 0.661. The molecule has 3 nitrogen and oxygen atoms in total. The number of rotatable bonds is 3. The number of phenols is 1. The molecule has 1 aliphatic heterocycles. The molecule has 0 radical (unpaired) electrons. The van der Waals surface area contributed by atoms with E-state index in [1.165, 1.54) is 0 Å². The van der Waals surface area contributed by atoms with E-state index in [-0.39, 0.29) is 12.1 Å². The van der Waals surface area contributed by atoms with Crippen LogP contribution < -0.4 is 5.73 Å². The summed E-state index contributed by atoms with van der Waals surface area (Å²) in [7, 11) is 0. The van der Waals surface area contributed by atoms with Gasteiger partial charge in [0.15, 0.2) is 0 Å². The van der Waals surface area contributed by atoms with Crippen molar-refractivity contribution in [2.45, 2.75) is 18.6 Å². The van der Waals surface area contributed by atoms with Crippen LogP contribution in [-0.2, 0) is 11.2 Å². The molecule has 0 aromatic heterocycles. The van der Waals surface area contributed by atoms with Crippen LogP contribution in [0.3, 0.4) is 0 Å². The standard InChI is InChI=1S/C10H13NO2/c11-8(10-6-13-10)5-7-3-1-2-4-9(7)12/h1-4,8,10,12H,5-6,11H2. The number of ether oxygens (including phenoxy) is 1. The normalized spacial score (nSPS) is 22.7. The molecule has 1 saturated heterocycles. The lowest BCUT2D eigenvalue weighted by Gasteiger charge is -2.09. The Balaban J connectivity index is 2.03. The molecule has 2 unspecified atom stereocenters. The molecular weight excluding hydrogens is 166 g/mol. The van der Waals surface area contributed by atoms with Crippen LogP contribution in [0.5, 0.6) is 5.75 Å². The molecule has 0 bridgehead atoms. The van der Waals surface area contributed by atoms with Gasteiger partial charge in [-0.05, 0) is 18.1 Å². The van der Waals surface area contributed by atoms with Gasteiger partial charge in [-0.1, -0.05) is 18.2 Å². The van der Waals surface area contributed by atoms with Crippen molar-refractivity contribution in [2.75, 3.05) is 6.61 Å². The van der Waals surface area contributed by atoms with E-state index in [1.807, 2.05) is 12.1 Å². The fourth-order valence-corrected chi connectivity index (χ4v) is 1.37. The van der Waals surface area contributed by atoms with Crippen molar-refractivity contribution in [3.8, 4) is 5.75 Å². The Morgan fingerprint density at radius 1 is 1.54 bits per heavy atom. The van der Waals surface area contributed by atoms with Gasteiger partial charge >= 0.3 is 0 Å². The van der Waals surface area contributed by atoms with E-state index < -0.39 is 0 Å². The van der Waals surface area contributed by atoms with Crippen molar-refractivity contribution in [1.29, 1.82) is 0 Å². The van der Waals surface area contributed by atoms with Crippen LogP contribution in [0, 0.1) is 0 Å². The van der Waals surface area contributed by atoms with E-state index in [1.54, 1.807) is 12.1 Å². The van der Waals surface area contributed by atoms with Gasteiger partial charge in [0, 0.05) is 6.04 Å². The molecule has 2 rings (SSSR count). The lowest BCUT2D eigenvalue weighted by Crippen LogP contribution is -2.28. The van der Waals surface area contributed by atoms with E-state index in [2.05, 4.69) is 0 Å². The van der Waals surface area contributed by atoms with E-state index in [4.69, 9.17) is 10.5 Å². The summed E-state index contributed by atoms with van der Waals surface area (Å²) in [5, 5.41) is 9.47. The lowest BCUT2D eigenvalue weighted by atomic mass is 10.0. The smallest absolute Gasteiger partial charge is 0.118 e. The van der Waals surface area contributed by atoms with Gasteiger partial charge in [0.1, 0.15) is 5.75 Å². The van der Waals surface area contributed by atoms with E-state index in [0.717, 1.165) is 12.2 Å². The van der Waals surface area contributed by atoms with Gasteiger partial charge in [-0.2, -0.15) is 0 Å². The SMILES string of the molecule is NC(Cc1ccccc1O)C1CO1. The quantitative estimate of drug-likeness (QED) is 0.670. The van der Waals surface area contributed by atoms with Crippen molar-refractivity contribution in [1.82, 2.24) is 0 Å². The topological polar surface area (TPSA) is 58.8 Å². The molecule has 3 heteroatoms.